The summed E-state index contributed by atoms with van der Waals surface area (Å²) in [6.07, 6.45) is 5.26. The summed E-state index contributed by atoms with van der Waals surface area (Å²) in [4.78, 5) is 0. The molecule has 0 heterocycles. The molecule has 0 aromatic heterocycles. The van der Waals surface area contributed by atoms with Gasteiger partial charge in [-0.25, -0.2) is 0 Å². The molecule has 0 aliphatic carbocycles. The molecule has 0 spiro atoms. The molecule has 74 valence electrons. The lowest BCUT2D eigenvalue weighted by Gasteiger charge is -2.43. The first kappa shape index (κ1) is 12.0. The van der Waals surface area contributed by atoms with E-state index in [0.29, 0.717) is 10.8 Å². The number of hydrogen-bond acceptors (Lipinski definition) is 0. The van der Waals surface area contributed by atoms with Gasteiger partial charge >= 0.3 is 0 Å². The lowest BCUT2D eigenvalue weighted by Crippen LogP contribution is -2.34. The molecule has 0 saturated carbocycles. The zero-order chi connectivity index (χ0) is 9.83. The molecule has 0 amide bonds. The highest BCUT2D eigenvalue weighted by atomic mass is 14.4. The number of rotatable bonds is 5. The maximum atomic E-state index is 2.43. The molecule has 0 atom stereocenters. The zero-order valence-corrected chi connectivity index (χ0v) is 9.83. The van der Waals surface area contributed by atoms with E-state index in [1.807, 2.05) is 0 Å². The first-order chi connectivity index (χ1) is 5.43. The van der Waals surface area contributed by atoms with Crippen molar-refractivity contribution in [2.75, 3.05) is 0 Å². The van der Waals surface area contributed by atoms with Gasteiger partial charge in [-0.1, -0.05) is 60.8 Å². The van der Waals surface area contributed by atoms with Gasteiger partial charge in [-0.15, -0.1) is 0 Å². The molecule has 0 N–H and O–H groups in total. The first-order valence-corrected chi connectivity index (χ1v) is 5.43. The zero-order valence-electron chi connectivity index (χ0n) is 9.83. The maximum absolute atomic E-state index is 2.43. The van der Waals surface area contributed by atoms with Gasteiger partial charge in [0.15, 0.2) is 0 Å². The third-order valence-corrected chi connectivity index (χ3v) is 4.07. The van der Waals surface area contributed by atoms with E-state index in [4.69, 9.17) is 0 Å². The van der Waals surface area contributed by atoms with Crippen molar-refractivity contribution in [1.29, 1.82) is 0 Å². The van der Waals surface area contributed by atoms with Crippen LogP contribution >= 0.6 is 0 Å². The average molecular weight is 170 g/mol. The minimum absolute atomic E-state index is 0.505. The minimum atomic E-state index is 0.505. The van der Waals surface area contributed by atoms with Gasteiger partial charge in [0.2, 0.25) is 0 Å². The van der Waals surface area contributed by atoms with Crippen LogP contribution in [0.1, 0.15) is 67.2 Å². The third-order valence-electron chi connectivity index (χ3n) is 4.07. The summed E-state index contributed by atoms with van der Waals surface area (Å²) in [7, 11) is 0. The van der Waals surface area contributed by atoms with Crippen LogP contribution in [0.4, 0.5) is 0 Å². The smallest absolute Gasteiger partial charge is 0.0280 e. The molecule has 0 saturated heterocycles. The Morgan fingerprint density at radius 3 is 1.50 bits per heavy atom. The summed E-state index contributed by atoms with van der Waals surface area (Å²) >= 11 is 0. The van der Waals surface area contributed by atoms with E-state index >= 15 is 0 Å². The van der Waals surface area contributed by atoms with E-state index in [0.717, 1.165) is 0 Å². The largest absolute Gasteiger partial charge is 0.0654 e. The molecule has 0 bridgehead atoms. The predicted molar refractivity (Wildman–Crippen MR) is 57.4 cm³/mol. The molecular formula is C12H26. The van der Waals surface area contributed by atoms with Crippen LogP contribution in [0.5, 0.6) is 0 Å². The van der Waals surface area contributed by atoms with Crippen molar-refractivity contribution in [3.63, 3.8) is 0 Å². The highest BCUT2D eigenvalue weighted by molar-refractivity contribution is 4.87. The Kier molecular flexibility index (Phi) is 4.30. The van der Waals surface area contributed by atoms with Gasteiger partial charge in [-0.2, -0.15) is 0 Å². The second-order valence-corrected chi connectivity index (χ2v) is 4.90. The molecular weight excluding hydrogens is 144 g/mol. The fraction of sp³-hybridized carbons (Fsp3) is 1.00. The molecule has 0 rings (SSSR count). The topological polar surface area (TPSA) is 0 Å². The first-order valence-electron chi connectivity index (χ1n) is 5.43. The SMILES string of the molecule is CCCC(C)(C)C(C)(CC)CC. The Labute approximate surface area is 78.8 Å². The summed E-state index contributed by atoms with van der Waals surface area (Å²) in [6, 6.07) is 0. The molecule has 0 aromatic carbocycles. The van der Waals surface area contributed by atoms with Crippen molar-refractivity contribution < 1.29 is 0 Å². The Hall–Kier alpha value is 0. The summed E-state index contributed by atoms with van der Waals surface area (Å²) in [6.45, 7) is 14.2. The summed E-state index contributed by atoms with van der Waals surface area (Å²) in [5.74, 6) is 0. The van der Waals surface area contributed by atoms with E-state index in [-0.39, 0.29) is 0 Å². The van der Waals surface area contributed by atoms with Crippen LogP contribution < -0.4 is 0 Å². The van der Waals surface area contributed by atoms with E-state index in [1.165, 1.54) is 25.7 Å². The van der Waals surface area contributed by atoms with Crippen LogP contribution in [-0.2, 0) is 0 Å². The Morgan fingerprint density at radius 2 is 1.25 bits per heavy atom. The Balaban J connectivity index is 4.46. The van der Waals surface area contributed by atoms with Gasteiger partial charge in [-0.05, 0) is 17.3 Å². The second-order valence-electron chi connectivity index (χ2n) is 4.90. The van der Waals surface area contributed by atoms with Crippen LogP contribution in [0.15, 0.2) is 0 Å². The quantitative estimate of drug-likeness (QED) is 0.564. The highest BCUT2D eigenvalue weighted by Gasteiger charge is 2.36. The van der Waals surface area contributed by atoms with E-state index in [9.17, 15) is 0 Å². The molecule has 12 heavy (non-hydrogen) atoms. The van der Waals surface area contributed by atoms with Crippen molar-refractivity contribution in [2.45, 2.75) is 67.2 Å². The summed E-state index contributed by atoms with van der Waals surface area (Å²) in [5.41, 5.74) is 1.04. The predicted octanol–water partition coefficient (Wildman–Crippen LogP) is 4.64. The van der Waals surface area contributed by atoms with E-state index in [2.05, 4.69) is 41.5 Å². The maximum Gasteiger partial charge on any atom is -0.0280 e. The molecule has 0 radical (unpaired) electrons. The molecule has 0 fully saturated rings. The number of hydrogen-bond donors (Lipinski definition) is 0. The van der Waals surface area contributed by atoms with Gasteiger partial charge in [0.05, 0.1) is 0 Å². The van der Waals surface area contributed by atoms with Gasteiger partial charge in [0.1, 0.15) is 0 Å². The van der Waals surface area contributed by atoms with Crippen LogP contribution in [0.25, 0.3) is 0 Å². The fourth-order valence-corrected chi connectivity index (χ4v) is 2.13. The minimum Gasteiger partial charge on any atom is -0.0654 e. The second kappa shape index (κ2) is 4.30. The van der Waals surface area contributed by atoms with E-state index < -0.39 is 0 Å². The van der Waals surface area contributed by atoms with Crippen LogP contribution in [-0.4, -0.2) is 0 Å². The van der Waals surface area contributed by atoms with Crippen molar-refractivity contribution in [2.24, 2.45) is 10.8 Å². The van der Waals surface area contributed by atoms with Gasteiger partial charge in [0.25, 0.3) is 0 Å². The Morgan fingerprint density at radius 1 is 0.833 bits per heavy atom. The van der Waals surface area contributed by atoms with Crippen LogP contribution in [0.2, 0.25) is 0 Å². The van der Waals surface area contributed by atoms with Crippen LogP contribution in [0.3, 0.4) is 0 Å². The third kappa shape index (κ3) is 2.24. The van der Waals surface area contributed by atoms with Gasteiger partial charge in [0, 0.05) is 0 Å². The molecule has 0 heteroatoms. The Bertz CT molecular complexity index is 118. The lowest BCUT2D eigenvalue weighted by molar-refractivity contribution is 0.0676. The van der Waals surface area contributed by atoms with Crippen LogP contribution in [0, 0.1) is 10.8 Å². The lowest BCUT2D eigenvalue weighted by atomic mass is 9.62. The normalized spacial score (nSPS) is 13.5. The molecule has 0 unspecified atom stereocenters. The van der Waals surface area contributed by atoms with Crippen molar-refractivity contribution >= 4 is 0 Å². The molecule has 0 aromatic rings. The van der Waals surface area contributed by atoms with Gasteiger partial charge < -0.3 is 0 Å². The van der Waals surface area contributed by atoms with E-state index in [1.54, 1.807) is 0 Å². The van der Waals surface area contributed by atoms with Crippen molar-refractivity contribution in [1.82, 2.24) is 0 Å². The highest BCUT2D eigenvalue weighted by Crippen LogP contribution is 2.47. The molecule has 0 aliphatic heterocycles. The van der Waals surface area contributed by atoms with Gasteiger partial charge in [-0.3, -0.25) is 0 Å². The average Bonchev–Trinajstić information content (AvgIpc) is 2.02. The standard InChI is InChI=1S/C12H26/c1-7-10-11(4,5)12(6,8-2)9-3/h7-10H2,1-6H3. The van der Waals surface area contributed by atoms with Crippen molar-refractivity contribution in [3.8, 4) is 0 Å². The molecule has 0 nitrogen and oxygen atoms in total. The summed E-state index contributed by atoms with van der Waals surface area (Å²) < 4.78 is 0. The molecule has 0 aliphatic rings. The van der Waals surface area contributed by atoms with Crippen molar-refractivity contribution in [3.05, 3.63) is 0 Å². The summed E-state index contributed by atoms with van der Waals surface area (Å²) in [5, 5.41) is 0. The monoisotopic (exact) mass is 170 g/mol. The fourth-order valence-electron chi connectivity index (χ4n) is 2.13.